The standard InChI is InChI=1S/C24H22ClN/c1-24(2,3)20-9-5-7-11-22(20)26-21-10-6-4-8-18(21)16-23(26)17-12-14-19(25)15-13-17/h4-16H,1-3H3. The minimum absolute atomic E-state index is 0.0548. The number of nitrogens with zero attached hydrogens (tertiary/aromatic N) is 1. The molecular formula is C24H22ClN. The average Bonchev–Trinajstić information content (AvgIpc) is 3.01. The van der Waals surface area contributed by atoms with Crippen molar-refractivity contribution in [3.63, 3.8) is 0 Å². The quantitative estimate of drug-likeness (QED) is 0.355. The van der Waals surface area contributed by atoms with Gasteiger partial charge in [0.2, 0.25) is 0 Å². The SMILES string of the molecule is CC(C)(C)c1ccccc1-n1c(-c2ccc(Cl)cc2)cc2ccccc21. The Bertz CT molecular complexity index is 1070. The second-order valence-electron chi connectivity index (χ2n) is 7.70. The maximum Gasteiger partial charge on any atom is 0.0541 e. The molecule has 0 saturated carbocycles. The Hall–Kier alpha value is -2.51. The van der Waals surface area contributed by atoms with Gasteiger partial charge in [0.25, 0.3) is 0 Å². The number of hydrogen-bond acceptors (Lipinski definition) is 0. The lowest BCUT2D eigenvalue weighted by Crippen LogP contribution is -2.15. The van der Waals surface area contributed by atoms with Crippen LogP contribution in [0, 0.1) is 0 Å². The molecule has 0 N–H and O–H groups in total. The van der Waals surface area contributed by atoms with E-state index in [1.807, 2.05) is 12.1 Å². The van der Waals surface area contributed by atoms with E-state index in [4.69, 9.17) is 11.6 Å². The molecule has 0 spiro atoms. The van der Waals surface area contributed by atoms with Crippen molar-refractivity contribution < 1.29 is 0 Å². The third kappa shape index (κ3) is 2.93. The highest BCUT2D eigenvalue weighted by Crippen LogP contribution is 2.36. The number of rotatable bonds is 2. The van der Waals surface area contributed by atoms with Gasteiger partial charge < -0.3 is 4.57 Å². The van der Waals surface area contributed by atoms with Gasteiger partial charge in [0, 0.05) is 16.1 Å². The van der Waals surface area contributed by atoms with Crippen molar-refractivity contribution in [2.24, 2.45) is 0 Å². The molecule has 130 valence electrons. The fourth-order valence-electron chi connectivity index (χ4n) is 3.55. The average molecular weight is 360 g/mol. The number of hydrogen-bond donors (Lipinski definition) is 0. The molecule has 26 heavy (non-hydrogen) atoms. The van der Waals surface area contributed by atoms with Gasteiger partial charge in [-0.25, -0.2) is 0 Å². The first-order valence-electron chi connectivity index (χ1n) is 8.91. The summed E-state index contributed by atoms with van der Waals surface area (Å²) in [5.41, 5.74) is 6.17. The Balaban J connectivity index is 2.07. The largest absolute Gasteiger partial charge is 0.309 e. The van der Waals surface area contributed by atoms with Crippen molar-refractivity contribution >= 4 is 22.5 Å². The zero-order chi connectivity index (χ0) is 18.3. The zero-order valence-electron chi connectivity index (χ0n) is 15.3. The van der Waals surface area contributed by atoms with Crippen molar-refractivity contribution in [2.45, 2.75) is 26.2 Å². The second kappa shape index (κ2) is 6.34. The molecule has 0 radical (unpaired) electrons. The summed E-state index contributed by atoms with van der Waals surface area (Å²) >= 11 is 6.11. The number of para-hydroxylation sites is 2. The van der Waals surface area contributed by atoms with E-state index in [0.717, 1.165) is 10.6 Å². The monoisotopic (exact) mass is 359 g/mol. The smallest absolute Gasteiger partial charge is 0.0541 e. The summed E-state index contributed by atoms with van der Waals surface area (Å²) in [4.78, 5) is 0. The molecule has 0 fully saturated rings. The molecule has 0 amide bonds. The summed E-state index contributed by atoms with van der Waals surface area (Å²) in [5, 5.41) is 1.99. The summed E-state index contributed by atoms with van der Waals surface area (Å²) in [6, 6.07) is 27.6. The van der Waals surface area contributed by atoms with E-state index >= 15 is 0 Å². The van der Waals surface area contributed by atoms with Crippen LogP contribution in [0.2, 0.25) is 5.02 Å². The Morgan fingerprint density at radius 3 is 2.15 bits per heavy atom. The zero-order valence-corrected chi connectivity index (χ0v) is 16.1. The van der Waals surface area contributed by atoms with Gasteiger partial charge in [-0.15, -0.1) is 0 Å². The second-order valence-corrected chi connectivity index (χ2v) is 8.13. The van der Waals surface area contributed by atoms with Crippen LogP contribution in [0.3, 0.4) is 0 Å². The van der Waals surface area contributed by atoms with Crippen LogP contribution in [-0.2, 0) is 5.41 Å². The first-order valence-corrected chi connectivity index (χ1v) is 9.29. The minimum Gasteiger partial charge on any atom is -0.309 e. The third-order valence-corrected chi connectivity index (χ3v) is 5.06. The molecule has 0 aliphatic rings. The number of benzene rings is 3. The van der Waals surface area contributed by atoms with Gasteiger partial charge >= 0.3 is 0 Å². The van der Waals surface area contributed by atoms with Crippen molar-refractivity contribution in [2.75, 3.05) is 0 Å². The van der Waals surface area contributed by atoms with Crippen LogP contribution < -0.4 is 0 Å². The maximum absolute atomic E-state index is 6.11. The van der Waals surface area contributed by atoms with Crippen LogP contribution in [0.25, 0.3) is 27.8 Å². The number of aromatic nitrogens is 1. The first-order chi connectivity index (χ1) is 12.4. The minimum atomic E-state index is 0.0548. The van der Waals surface area contributed by atoms with E-state index < -0.39 is 0 Å². The van der Waals surface area contributed by atoms with Crippen LogP contribution in [0.5, 0.6) is 0 Å². The molecule has 1 aromatic heterocycles. The van der Waals surface area contributed by atoms with Crippen LogP contribution in [0.4, 0.5) is 0 Å². The summed E-state index contributed by atoms with van der Waals surface area (Å²) in [5.74, 6) is 0. The first kappa shape index (κ1) is 16.9. The summed E-state index contributed by atoms with van der Waals surface area (Å²) in [6.45, 7) is 6.79. The Labute approximate surface area is 159 Å². The molecule has 0 bridgehead atoms. The van der Waals surface area contributed by atoms with E-state index in [0.29, 0.717) is 0 Å². The van der Waals surface area contributed by atoms with Gasteiger partial charge in [-0.1, -0.05) is 80.9 Å². The molecule has 1 heterocycles. The van der Waals surface area contributed by atoms with Crippen molar-refractivity contribution in [3.8, 4) is 16.9 Å². The molecule has 0 atom stereocenters. The maximum atomic E-state index is 6.11. The van der Waals surface area contributed by atoms with Crippen LogP contribution in [-0.4, -0.2) is 4.57 Å². The summed E-state index contributed by atoms with van der Waals surface area (Å²) < 4.78 is 2.37. The Morgan fingerprint density at radius 2 is 1.42 bits per heavy atom. The van der Waals surface area contributed by atoms with Crippen molar-refractivity contribution in [1.29, 1.82) is 0 Å². The van der Waals surface area contributed by atoms with E-state index in [9.17, 15) is 0 Å². The van der Waals surface area contributed by atoms with Gasteiger partial charge in [-0.2, -0.15) is 0 Å². The highest BCUT2D eigenvalue weighted by atomic mass is 35.5. The molecule has 4 rings (SSSR count). The lowest BCUT2D eigenvalue weighted by Gasteiger charge is -2.25. The molecule has 0 aliphatic carbocycles. The van der Waals surface area contributed by atoms with E-state index in [1.54, 1.807) is 0 Å². The highest BCUT2D eigenvalue weighted by molar-refractivity contribution is 6.30. The molecule has 0 unspecified atom stereocenters. The van der Waals surface area contributed by atoms with Gasteiger partial charge in [0.15, 0.2) is 0 Å². The Morgan fingerprint density at radius 1 is 0.769 bits per heavy atom. The molecule has 0 saturated heterocycles. The topological polar surface area (TPSA) is 4.93 Å². The predicted molar refractivity (Wildman–Crippen MR) is 112 cm³/mol. The fourth-order valence-corrected chi connectivity index (χ4v) is 3.68. The van der Waals surface area contributed by atoms with Crippen LogP contribution in [0.15, 0.2) is 78.9 Å². The van der Waals surface area contributed by atoms with Gasteiger partial charge in [-0.3, -0.25) is 0 Å². The molecule has 4 aromatic rings. The van der Waals surface area contributed by atoms with E-state index in [2.05, 4.69) is 92.1 Å². The van der Waals surface area contributed by atoms with Gasteiger partial charge in [-0.05, 0) is 46.9 Å². The third-order valence-electron chi connectivity index (χ3n) is 4.80. The molecule has 2 heteroatoms. The Kier molecular flexibility index (Phi) is 4.13. The highest BCUT2D eigenvalue weighted by Gasteiger charge is 2.21. The van der Waals surface area contributed by atoms with Gasteiger partial charge in [0.05, 0.1) is 11.2 Å². The molecule has 3 aromatic carbocycles. The predicted octanol–water partition coefficient (Wildman–Crippen LogP) is 7.25. The lowest BCUT2D eigenvalue weighted by molar-refractivity contribution is 0.587. The van der Waals surface area contributed by atoms with Crippen molar-refractivity contribution in [1.82, 2.24) is 4.57 Å². The lowest BCUT2D eigenvalue weighted by atomic mass is 9.85. The van der Waals surface area contributed by atoms with Crippen LogP contribution in [0.1, 0.15) is 26.3 Å². The fraction of sp³-hybridized carbons (Fsp3) is 0.167. The summed E-state index contributed by atoms with van der Waals surface area (Å²) in [6.07, 6.45) is 0. The number of halogens is 1. The molecule has 0 aliphatic heterocycles. The van der Waals surface area contributed by atoms with E-state index in [1.165, 1.54) is 27.8 Å². The van der Waals surface area contributed by atoms with Gasteiger partial charge in [0.1, 0.15) is 0 Å². The van der Waals surface area contributed by atoms with E-state index in [-0.39, 0.29) is 5.41 Å². The normalized spacial score (nSPS) is 11.8. The summed E-state index contributed by atoms with van der Waals surface area (Å²) in [7, 11) is 0. The number of fused-ring (bicyclic) bond motifs is 1. The van der Waals surface area contributed by atoms with Crippen LogP contribution >= 0.6 is 11.6 Å². The molecular weight excluding hydrogens is 338 g/mol. The van der Waals surface area contributed by atoms with Crippen molar-refractivity contribution in [3.05, 3.63) is 89.4 Å². The molecule has 1 nitrogen and oxygen atoms in total.